The zero-order chi connectivity index (χ0) is 15.4. The second-order valence-electron chi connectivity index (χ2n) is 4.20. The third-order valence-electron chi connectivity index (χ3n) is 2.62. The molecule has 0 saturated carbocycles. The standard InChI is InChI=1S/C14H10F2N2O3/c15-9-1-2-11(16)8(5-9)6-13(19)18-10-3-4-17-12(7-10)14(20)21/h1-5,7H,6H2,(H,20,21)(H,17,18,19). The third-order valence-corrected chi connectivity index (χ3v) is 2.62. The van der Waals surface area contributed by atoms with E-state index >= 15 is 0 Å². The van der Waals surface area contributed by atoms with Crippen LogP contribution in [0.25, 0.3) is 0 Å². The number of carbonyl (C=O) groups excluding carboxylic acids is 1. The average Bonchev–Trinajstić information content (AvgIpc) is 2.43. The maximum atomic E-state index is 13.4. The minimum atomic E-state index is -1.23. The smallest absolute Gasteiger partial charge is 0.354 e. The van der Waals surface area contributed by atoms with Gasteiger partial charge < -0.3 is 10.4 Å². The maximum absolute atomic E-state index is 13.4. The highest BCUT2D eigenvalue weighted by Crippen LogP contribution is 2.13. The van der Waals surface area contributed by atoms with E-state index in [0.717, 1.165) is 18.2 Å². The van der Waals surface area contributed by atoms with Crippen molar-refractivity contribution in [2.45, 2.75) is 6.42 Å². The van der Waals surface area contributed by atoms with Crippen molar-refractivity contribution in [3.05, 3.63) is 59.4 Å². The second-order valence-corrected chi connectivity index (χ2v) is 4.20. The summed E-state index contributed by atoms with van der Waals surface area (Å²) in [6, 6.07) is 5.39. The number of benzene rings is 1. The van der Waals surface area contributed by atoms with Crippen molar-refractivity contribution in [1.29, 1.82) is 0 Å². The first-order valence-corrected chi connectivity index (χ1v) is 5.89. The van der Waals surface area contributed by atoms with E-state index < -0.39 is 23.5 Å². The van der Waals surface area contributed by atoms with Crippen molar-refractivity contribution in [3.8, 4) is 0 Å². The number of carboxylic acid groups (broad SMARTS) is 1. The van der Waals surface area contributed by atoms with Crippen LogP contribution < -0.4 is 5.32 Å². The number of hydrogen-bond donors (Lipinski definition) is 2. The fourth-order valence-corrected chi connectivity index (χ4v) is 1.68. The van der Waals surface area contributed by atoms with E-state index in [2.05, 4.69) is 10.3 Å². The van der Waals surface area contributed by atoms with Crippen LogP contribution in [-0.4, -0.2) is 22.0 Å². The van der Waals surface area contributed by atoms with Crippen LogP contribution >= 0.6 is 0 Å². The van der Waals surface area contributed by atoms with Crippen LogP contribution in [0.5, 0.6) is 0 Å². The lowest BCUT2D eigenvalue weighted by Gasteiger charge is -2.06. The minimum Gasteiger partial charge on any atom is -0.477 e. The number of nitrogens with zero attached hydrogens (tertiary/aromatic N) is 1. The van der Waals surface area contributed by atoms with Gasteiger partial charge in [0.15, 0.2) is 0 Å². The minimum absolute atomic E-state index is 0.0833. The summed E-state index contributed by atoms with van der Waals surface area (Å²) in [4.78, 5) is 26.1. The van der Waals surface area contributed by atoms with Crippen LogP contribution in [0.15, 0.2) is 36.5 Å². The van der Waals surface area contributed by atoms with Gasteiger partial charge in [-0.3, -0.25) is 4.79 Å². The fourth-order valence-electron chi connectivity index (χ4n) is 1.68. The van der Waals surface area contributed by atoms with Gasteiger partial charge in [-0.25, -0.2) is 18.6 Å². The number of hydrogen-bond acceptors (Lipinski definition) is 3. The lowest BCUT2D eigenvalue weighted by Crippen LogP contribution is -2.16. The summed E-state index contributed by atoms with van der Waals surface area (Å²) >= 11 is 0. The molecule has 1 heterocycles. The molecule has 0 spiro atoms. The van der Waals surface area contributed by atoms with E-state index in [1.807, 2.05) is 0 Å². The number of aromatic carboxylic acids is 1. The SMILES string of the molecule is O=C(Cc1cc(F)ccc1F)Nc1ccnc(C(=O)O)c1. The van der Waals surface area contributed by atoms with Crippen LogP contribution in [0.2, 0.25) is 0 Å². The first-order chi connectivity index (χ1) is 9.95. The lowest BCUT2D eigenvalue weighted by molar-refractivity contribution is -0.115. The number of halogens is 2. The van der Waals surface area contributed by atoms with Gasteiger partial charge in [-0.15, -0.1) is 0 Å². The molecule has 1 aromatic carbocycles. The highest BCUT2D eigenvalue weighted by molar-refractivity contribution is 5.94. The predicted octanol–water partition coefficient (Wildman–Crippen LogP) is 2.24. The van der Waals surface area contributed by atoms with Crippen molar-refractivity contribution in [1.82, 2.24) is 4.98 Å². The van der Waals surface area contributed by atoms with E-state index in [-0.39, 0.29) is 23.4 Å². The van der Waals surface area contributed by atoms with Crippen LogP contribution in [-0.2, 0) is 11.2 Å². The molecule has 0 atom stereocenters. The molecular weight excluding hydrogens is 282 g/mol. The molecule has 21 heavy (non-hydrogen) atoms. The van der Waals surface area contributed by atoms with Gasteiger partial charge in [-0.1, -0.05) is 0 Å². The summed E-state index contributed by atoms with van der Waals surface area (Å²) < 4.78 is 26.4. The van der Waals surface area contributed by atoms with Gasteiger partial charge in [0.25, 0.3) is 0 Å². The largest absolute Gasteiger partial charge is 0.477 e. The van der Waals surface area contributed by atoms with Crippen molar-refractivity contribution >= 4 is 17.6 Å². The Bertz CT molecular complexity index is 704. The second kappa shape index (κ2) is 6.08. The van der Waals surface area contributed by atoms with Crippen LogP contribution in [0.3, 0.4) is 0 Å². The van der Waals surface area contributed by atoms with E-state index in [1.54, 1.807) is 0 Å². The first kappa shape index (κ1) is 14.6. The first-order valence-electron chi connectivity index (χ1n) is 5.89. The fraction of sp³-hybridized carbons (Fsp3) is 0.0714. The molecule has 1 aromatic heterocycles. The zero-order valence-corrected chi connectivity index (χ0v) is 10.6. The molecule has 1 amide bonds. The van der Waals surface area contributed by atoms with Gasteiger partial charge >= 0.3 is 5.97 Å². The predicted molar refractivity (Wildman–Crippen MR) is 69.9 cm³/mol. The monoisotopic (exact) mass is 292 g/mol. The van der Waals surface area contributed by atoms with Gasteiger partial charge in [-0.05, 0) is 30.3 Å². The van der Waals surface area contributed by atoms with Gasteiger partial charge in [0.1, 0.15) is 17.3 Å². The number of anilines is 1. The maximum Gasteiger partial charge on any atom is 0.354 e. The summed E-state index contributed by atoms with van der Waals surface area (Å²) in [7, 11) is 0. The van der Waals surface area contributed by atoms with Gasteiger partial charge in [0, 0.05) is 17.4 Å². The van der Waals surface area contributed by atoms with Crippen molar-refractivity contribution in [3.63, 3.8) is 0 Å². The molecule has 0 saturated heterocycles. The highest BCUT2D eigenvalue weighted by Gasteiger charge is 2.11. The average molecular weight is 292 g/mol. The van der Waals surface area contributed by atoms with Crippen molar-refractivity contribution in [2.75, 3.05) is 5.32 Å². The Morgan fingerprint density at radius 1 is 1.19 bits per heavy atom. The number of amides is 1. The van der Waals surface area contributed by atoms with Gasteiger partial charge in [0.2, 0.25) is 5.91 Å². The molecule has 0 fully saturated rings. The molecule has 0 aliphatic rings. The van der Waals surface area contributed by atoms with E-state index in [4.69, 9.17) is 5.11 Å². The number of aromatic nitrogens is 1. The molecule has 2 aromatic rings. The quantitative estimate of drug-likeness (QED) is 0.905. The molecule has 7 heteroatoms. The molecule has 2 rings (SSSR count). The van der Waals surface area contributed by atoms with Gasteiger partial charge in [0.05, 0.1) is 6.42 Å². The number of nitrogens with one attached hydrogen (secondary N) is 1. The Hall–Kier alpha value is -2.83. The van der Waals surface area contributed by atoms with Gasteiger partial charge in [-0.2, -0.15) is 0 Å². The molecule has 0 aliphatic heterocycles. The molecule has 108 valence electrons. The van der Waals surface area contributed by atoms with E-state index in [1.165, 1.54) is 18.3 Å². The van der Waals surface area contributed by atoms with Crippen molar-refractivity contribution < 1.29 is 23.5 Å². The Kier molecular flexibility index (Phi) is 4.22. The topological polar surface area (TPSA) is 79.3 Å². The van der Waals surface area contributed by atoms with E-state index in [9.17, 15) is 18.4 Å². The Morgan fingerprint density at radius 3 is 2.67 bits per heavy atom. The molecule has 0 bridgehead atoms. The summed E-state index contributed by atoms with van der Waals surface area (Å²) in [5, 5.41) is 11.2. The number of rotatable bonds is 4. The van der Waals surface area contributed by atoms with Crippen LogP contribution in [0, 0.1) is 11.6 Å². The summed E-state index contributed by atoms with van der Waals surface area (Å²) in [6.07, 6.45) is 0.857. The summed E-state index contributed by atoms with van der Waals surface area (Å²) in [6.45, 7) is 0. The normalized spacial score (nSPS) is 10.2. The highest BCUT2D eigenvalue weighted by atomic mass is 19.1. The van der Waals surface area contributed by atoms with Crippen LogP contribution in [0.1, 0.15) is 16.1 Å². The number of carbonyl (C=O) groups is 2. The molecule has 5 nitrogen and oxygen atoms in total. The lowest BCUT2D eigenvalue weighted by atomic mass is 10.1. The zero-order valence-electron chi connectivity index (χ0n) is 10.6. The Balaban J connectivity index is 2.10. The third kappa shape index (κ3) is 3.82. The Labute approximate surface area is 118 Å². The summed E-state index contributed by atoms with van der Waals surface area (Å²) in [5.74, 6) is -3.16. The molecular formula is C14H10F2N2O3. The molecule has 2 N–H and O–H groups in total. The van der Waals surface area contributed by atoms with E-state index in [0.29, 0.717) is 0 Å². The number of carboxylic acids is 1. The van der Waals surface area contributed by atoms with Crippen LogP contribution in [0.4, 0.5) is 14.5 Å². The molecule has 0 radical (unpaired) electrons. The number of pyridine rings is 1. The summed E-state index contributed by atoms with van der Waals surface area (Å²) in [5.41, 5.74) is -0.103. The molecule has 0 aliphatic carbocycles. The Morgan fingerprint density at radius 2 is 1.95 bits per heavy atom. The van der Waals surface area contributed by atoms with Crippen molar-refractivity contribution in [2.24, 2.45) is 0 Å². The molecule has 0 unspecified atom stereocenters.